The van der Waals surface area contributed by atoms with E-state index in [1.54, 1.807) is 12.1 Å². The van der Waals surface area contributed by atoms with E-state index in [2.05, 4.69) is 16.7 Å². The van der Waals surface area contributed by atoms with E-state index in [0.29, 0.717) is 18.5 Å². The molecule has 6 heteroatoms. The van der Waals surface area contributed by atoms with E-state index in [4.69, 9.17) is 0 Å². The van der Waals surface area contributed by atoms with Gasteiger partial charge in [-0.2, -0.15) is 0 Å². The summed E-state index contributed by atoms with van der Waals surface area (Å²) in [6, 6.07) is 25.2. The first-order valence-corrected chi connectivity index (χ1v) is 10.5. The molecule has 3 aromatic carbocycles. The average molecular weight is 417 g/mol. The number of imide groups is 1. The average Bonchev–Trinajstić information content (AvgIpc) is 3.10. The smallest absolute Gasteiger partial charge is 0.286 e. The van der Waals surface area contributed by atoms with E-state index in [0.717, 1.165) is 34.0 Å². The van der Waals surface area contributed by atoms with Gasteiger partial charge in [0.15, 0.2) is 0 Å². The quantitative estimate of drug-likeness (QED) is 0.632. The number of rotatable bonds is 6. The Bertz CT molecular complexity index is 1080. The molecule has 0 spiro atoms. The Morgan fingerprint density at radius 1 is 0.867 bits per heavy atom. The van der Waals surface area contributed by atoms with Crippen LogP contribution >= 0.6 is 11.8 Å². The van der Waals surface area contributed by atoms with Gasteiger partial charge in [-0.15, -0.1) is 0 Å². The Morgan fingerprint density at radius 2 is 1.63 bits per heavy atom. The molecule has 1 atom stereocenters. The van der Waals surface area contributed by atoms with Crippen molar-refractivity contribution in [3.8, 4) is 11.1 Å². The van der Waals surface area contributed by atoms with Crippen LogP contribution in [0.1, 0.15) is 21.5 Å². The van der Waals surface area contributed by atoms with E-state index in [1.807, 2.05) is 60.7 Å². The first-order valence-electron chi connectivity index (χ1n) is 9.61. The van der Waals surface area contributed by atoms with E-state index >= 15 is 0 Å². The van der Waals surface area contributed by atoms with Crippen molar-refractivity contribution in [1.82, 2.24) is 10.6 Å². The Morgan fingerprint density at radius 3 is 2.33 bits per heavy atom. The van der Waals surface area contributed by atoms with Gasteiger partial charge < -0.3 is 5.32 Å². The molecule has 0 saturated carbocycles. The molecule has 150 valence electrons. The van der Waals surface area contributed by atoms with Crippen molar-refractivity contribution in [2.45, 2.75) is 18.2 Å². The maximum absolute atomic E-state index is 12.2. The molecule has 1 fully saturated rings. The normalized spacial score (nSPS) is 15.7. The largest absolute Gasteiger partial charge is 0.348 e. The van der Waals surface area contributed by atoms with Gasteiger partial charge in [0.2, 0.25) is 5.91 Å². The number of thioether (sulfide) groups is 1. The molecule has 4 rings (SSSR count). The highest BCUT2D eigenvalue weighted by atomic mass is 32.2. The molecule has 1 unspecified atom stereocenters. The van der Waals surface area contributed by atoms with Crippen LogP contribution in [0.25, 0.3) is 11.1 Å². The van der Waals surface area contributed by atoms with E-state index < -0.39 is 0 Å². The number of nitrogens with one attached hydrogen (secondary N) is 2. The highest BCUT2D eigenvalue weighted by molar-refractivity contribution is 8.15. The molecule has 1 aliphatic heterocycles. The minimum absolute atomic E-state index is 0.0994. The van der Waals surface area contributed by atoms with Gasteiger partial charge in [-0.3, -0.25) is 19.7 Å². The summed E-state index contributed by atoms with van der Waals surface area (Å²) >= 11 is 1.04. The zero-order chi connectivity index (χ0) is 20.9. The lowest BCUT2D eigenvalue weighted by Crippen LogP contribution is -2.25. The number of carbonyl (C=O) groups is 3. The number of hydrogen-bond donors (Lipinski definition) is 2. The first kappa shape index (κ1) is 19.9. The van der Waals surface area contributed by atoms with Crippen molar-refractivity contribution in [3.63, 3.8) is 0 Å². The summed E-state index contributed by atoms with van der Waals surface area (Å²) in [4.78, 5) is 35.3. The van der Waals surface area contributed by atoms with Crippen molar-refractivity contribution in [1.29, 1.82) is 0 Å². The zero-order valence-corrected chi connectivity index (χ0v) is 16.9. The molecule has 1 heterocycles. The highest BCUT2D eigenvalue weighted by Gasteiger charge is 2.31. The third-order valence-corrected chi connectivity index (χ3v) is 5.87. The van der Waals surface area contributed by atoms with Crippen LogP contribution in [0.4, 0.5) is 4.79 Å². The second-order valence-corrected chi connectivity index (χ2v) is 8.21. The second-order valence-electron chi connectivity index (χ2n) is 7.03. The summed E-state index contributed by atoms with van der Waals surface area (Å²) in [6.07, 6.45) is 0.522. The molecule has 0 aromatic heterocycles. The Labute approximate surface area is 178 Å². The van der Waals surface area contributed by atoms with Crippen molar-refractivity contribution in [2.24, 2.45) is 0 Å². The number of benzene rings is 3. The molecule has 0 radical (unpaired) electrons. The van der Waals surface area contributed by atoms with Gasteiger partial charge in [0.25, 0.3) is 11.1 Å². The minimum atomic E-state index is -0.361. The van der Waals surface area contributed by atoms with Crippen molar-refractivity contribution in [3.05, 3.63) is 95.6 Å². The first-order chi connectivity index (χ1) is 14.6. The summed E-state index contributed by atoms with van der Waals surface area (Å²) in [7, 11) is 0. The van der Waals surface area contributed by atoms with Gasteiger partial charge in [0, 0.05) is 12.1 Å². The summed E-state index contributed by atoms with van der Waals surface area (Å²) < 4.78 is 0. The van der Waals surface area contributed by atoms with Crippen LogP contribution in [-0.2, 0) is 17.8 Å². The Kier molecular flexibility index (Phi) is 5.95. The summed E-state index contributed by atoms with van der Waals surface area (Å²) in [5, 5.41) is 4.62. The van der Waals surface area contributed by atoms with E-state index in [-0.39, 0.29) is 22.3 Å². The Balaban J connectivity index is 1.40. The van der Waals surface area contributed by atoms with Crippen LogP contribution in [0, 0.1) is 0 Å². The molecule has 1 saturated heterocycles. The van der Waals surface area contributed by atoms with E-state index in [9.17, 15) is 14.4 Å². The molecular formula is C24H20N2O3S. The molecule has 1 aliphatic rings. The lowest BCUT2D eigenvalue weighted by atomic mass is 10.00. The fraction of sp³-hybridized carbons (Fsp3) is 0.125. The molecular weight excluding hydrogens is 396 g/mol. The number of amides is 3. The third-order valence-electron chi connectivity index (χ3n) is 4.89. The highest BCUT2D eigenvalue weighted by Crippen LogP contribution is 2.25. The van der Waals surface area contributed by atoms with Crippen LogP contribution in [0.2, 0.25) is 0 Å². The second kappa shape index (κ2) is 8.97. The molecule has 3 amide bonds. The van der Waals surface area contributed by atoms with Crippen LogP contribution in [-0.4, -0.2) is 22.3 Å². The molecule has 5 nitrogen and oxygen atoms in total. The van der Waals surface area contributed by atoms with Crippen molar-refractivity contribution < 1.29 is 14.4 Å². The van der Waals surface area contributed by atoms with Crippen LogP contribution in [0.15, 0.2) is 78.9 Å². The van der Waals surface area contributed by atoms with Gasteiger partial charge in [-0.1, -0.05) is 72.4 Å². The SMILES string of the molecule is O=C1NC(=O)C(Cc2ccc(-c3cccc(CNC(=O)c4ccccc4)c3)cc2)S1. The lowest BCUT2D eigenvalue weighted by molar-refractivity contribution is -0.118. The van der Waals surface area contributed by atoms with Crippen molar-refractivity contribution >= 4 is 28.8 Å². The topological polar surface area (TPSA) is 75.3 Å². The fourth-order valence-electron chi connectivity index (χ4n) is 3.31. The predicted molar refractivity (Wildman–Crippen MR) is 118 cm³/mol. The molecule has 2 N–H and O–H groups in total. The maximum Gasteiger partial charge on any atom is 0.286 e. The lowest BCUT2D eigenvalue weighted by Gasteiger charge is -2.09. The summed E-state index contributed by atoms with van der Waals surface area (Å²) in [5.74, 6) is -0.322. The van der Waals surface area contributed by atoms with Crippen LogP contribution in [0.3, 0.4) is 0 Å². The maximum atomic E-state index is 12.2. The van der Waals surface area contributed by atoms with Gasteiger partial charge in [0.1, 0.15) is 0 Å². The van der Waals surface area contributed by atoms with Crippen LogP contribution in [0.5, 0.6) is 0 Å². The summed E-state index contributed by atoms with van der Waals surface area (Å²) in [5.41, 5.74) is 4.76. The van der Waals surface area contributed by atoms with Gasteiger partial charge in [-0.25, -0.2) is 0 Å². The van der Waals surface area contributed by atoms with Gasteiger partial charge in [-0.05, 0) is 46.9 Å². The molecule has 3 aromatic rings. The Hall–Kier alpha value is -3.38. The standard InChI is InChI=1S/C24H20N2O3S/c27-22(19-6-2-1-3-7-19)25-15-17-5-4-8-20(13-17)18-11-9-16(10-12-18)14-21-23(28)26-24(29)30-21/h1-13,21H,14-15H2,(H,25,27)(H,26,28,29). The van der Waals surface area contributed by atoms with E-state index in [1.165, 1.54) is 0 Å². The number of carbonyl (C=O) groups excluding carboxylic acids is 3. The molecule has 0 aliphatic carbocycles. The number of hydrogen-bond acceptors (Lipinski definition) is 4. The summed E-state index contributed by atoms with van der Waals surface area (Å²) in [6.45, 7) is 0.446. The third kappa shape index (κ3) is 4.78. The van der Waals surface area contributed by atoms with Gasteiger partial charge >= 0.3 is 0 Å². The van der Waals surface area contributed by atoms with Gasteiger partial charge in [0.05, 0.1) is 5.25 Å². The monoisotopic (exact) mass is 416 g/mol. The molecule has 0 bridgehead atoms. The minimum Gasteiger partial charge on any atom is -0.348 e. The van der Waals surface area contributed by atoms with Crippen LogP contribution < -0.4 is 10.6 Å². The fourth-order valence-corrected chi connectivity index (χ4v) is 4.17. The van der Waals surface area contributed by atoms with Crippen molar-refractivity contribution in [2.75, 3.05) is 0 Å². The zero-order valence-electron chi connectivity index (χ0n) is 16.1. The predicted octanol–water partition coefficient (Wildman–Crippen LogP) is 4.18. The molecule has 30 heavy (non-hydrogen) atoms.